The molecule has 100 valence electrons. The van der Waals surface area contributed by atoms with Crippen LogP contribution in [0.4, 0.5) is 5.69 Å². The fourth-order valence-electron chi connectivity index (χ4n) is 1.82. The zero-order valence-electron chi connectivity index (χ0n) is 10.4. The quantitative estimate of drug-likeness (QED) is 0.872. The average Bonchev–Trinajstić information content (AvgIpc) is 2.31. The summed E-state index contributed by atoms with van der Waals surface area (Å²) in [6, 6.07) is 12.2. The van der Waals surface area contributed by atoms with Crippen molar-refractivity contribution in [2.75, 3.05) is 5.73 Å². The fourth-order valence-corrected chi connectivity index (χ4v) is 4.48. The summed E-state index contributed by atoms with van der Waals surface area (Å²) in [5.41, 5.74) is 7.93. The lowest BCUT2D eigenvalue weighted by atomic mass is 10.1. The molecule has 0 amide bonds. The van der Waals surface area contributed by atoms with Gasteiger partial charge in [-0.1, -0.05) is 24.3 Å². The van der Waals surface area contributed by atoms with Crippen LogP contribution in [0.2, 0.25) is 0 Å². The summed E-state index contributed by atoms with van der Waals surface area (Å²) in [5.74, 6) is -0.0117. The fraction of sp³-hybridized carbons (Fsp3) is 0.143. The van der Waals surface area contributed by atoms with Gasteiger partial charge in [0.25, 0.3) is 0 Å². The van der Waals surface area contributed by atoms with Crippen LogP contribution in [0.1, 0.15) is 11.1 Å². The summed E-state index contributed by atoms with van der Waals surface area (Å²) in [6.07, 6.45) is 0. The largest absolute Gasteiger partial charge is 0.399 e. The number of sulfone groups is 1. The zero-order valence-corrected chi connectivity index (χ0v) is 12.8. The number of benzene rings is 2. The van der Waals surface area contributed by atoms with Crippen LogP contribution in [0.3, 0.4) is 0 Å². The summed E-state index contributed by atoms with van der Waals surface area (Å²) >= 11 is 3.26. The van der Waals surface area contributed by atoms with Gasteiger partial charge >= 0.3 is 0 Å². The van der Waals surface area contributed by atoms with Crippen LogP contribution in [0.15, 0.2) is 51.8 Å². The van der Waals surface area contributed by atoms with E-state index in [-0.39, 0.29) is 10.6 Å². The van der Waals surface area contributed by atoms with Gasteiger partial charge in [0.15, 0.2) is 9.84 Å². The van der Waals surface area contributed by atoms with Gasteiger partial charge in [-0.05, 0) is 52.2 Å². The second-order valence-electron chi connectivity index (χ2n) is 4.38. The number of anilines is 1. The van der Waals surface area contributed by atoms with Crippen molar-refractivity contribution in [2.45, 2.75) is 17.6 Å². The van der Waals surface area contributed by atoms with E-state index in [9.17, 15) is 8.42 Å². The lowest BCUT2D eigenvalue weighted by Crippen LogP contribution is -2.07. The van der Waals surface area contributed by atoms with Gasteiger partial charge in [-0.3, -0.25) is 0 Å². The van der Waals surface area contributed by atoms with Crippen molar-refractivity contribution in [3.8, 4) is 0 Å². The highest BCUT2D eigenvalue weighted by molar-refractivity contribution is 9.10. The molecular formula is C14H14BrNO2S. The SMILES string of the molecule is Cc1ccccc1CS(=O)(=O)c1ccc(N)cc1Br. The average molecular weight is 340 g/mol. The minimum Gasteiger partial charge on any atom is -0.399 e. The molecule has 2 aromatic carbocycles. The first-order valence-electron chi connectivity index (χ1n) is 5.72. The number of hydrogen-bond acceptors (Lipinski definition) is 3. The second kappa shape index (κ2) is 5.35. The first kappa shape index (κ1) is 14.1. The van der Waals surface area contributed by atoms with Crippen LogP contribution < -0.4 is 5.73 Å². The first-order valence-corrected chi connectivity index (χ1v) is 8.17. The normalized spacial score (nSPS) is 11.5. The van der Waals surface area contributed by atoms with E-state index in [1.165, 1.54) is 6.07 Å². The van der Waals surface area contributed by atoms with Crippen LogP contribution in [0.5, 0.6) is 0 Å². The van der Waals surface area contributed by atoms with Crippen molar-refractivity contribution in [1.82, 2.24) is 0 Å². The Kier molecular flexibility index (Phi) is 3.96. The van der Waals surface area contributed by atoms with Crippen molar-refractivity contribution in [1.29, 1.82) is 0 Å². The molecule has 0 bridgehead atoms. The van der Waals surface area contributed by atoms with E-state index in [2.05, 4.69) is 15.9 Å². The smallest absolute Gasteiger partial charge is 0.183 e. The molecule has 0 saturated heterocycles. The van der Waals surface area contributed by atoms with E-state index in [1.807, 2.05) is 31.2 Å². The van der Waals surface area contributed by atoms with E-state index >= 15 is 0 Å². The minimum absolute atomic E-state index is 0.0117. The molecule has 0 spiro atoms. The van der Waals surface area contributed by atoms with Crippen LogP contribution in [0.25, 0.3) is 0 Å². The molecule has 3 nitrogen and oxygen atoms in total. The van der Waals surface area contributed by atoms with Gasteiger partial charge in [-0.2, -0.15) is 0 Å². The highest BCUT2D eigenvalue weighted by atomic mass is 79.9. The number of nitrogen functional groups attached to an aromatic ring is 1. The number of hydrogen-bond donors (Lipinski definition) is 1. The Balaban J connectivity index is 2.41. The molecule has 0 fully saturated rings. The Morgan fingerprint density at radius 1 is 1.16 bits per heavy atom. The van der Waals surface area contributed by atoms with E-state index < -0.39 is 9.84 Å². The molecule has 5 heteroatoms. The van der Waals surface area contributed by atoms with Gasteiger partial charge in [0.05, 0.1) is 10.6 Å². The van der Waals surface area contributed by atoms with E-state index in [1.54, 1.807) is 12.1 Å². The molecule has 0 heterocycles. The molecule has 2 aromatic rings. The lowest BCUT2D eigenvalue weighted by molar-refractivity contribution is 0.594. The monoisotopic (exact) mass is 339 g/mol. The number of rotatable bonds is 3. The third-order valence-corrected chi connectivity index (χ3v) is 5.53. The predicted octanol–water partition coefficient (Wildman–Crippen LogP) is 3.31. The molecule has 0 aliphatic carbocycles. The maximum Gasteiger partial charge on any atom is 0.183 e. The van der Waals surface area contributed by atoms with E-state index in [0.29, 0.717) is 10.2 Å². The van der Waals surface area contributed by atoms with Crippen molar-refractivity contribution >= 4 is 31.5 Å². The Morgan fingerprint density at radius 2 is 1.84 bits per heavy atom. The topological polar surface area (TPSA) is 60.2 Å². The zero-order chi connectivity index (χ0) is 14.0. The van der Waals surface area contributed by atoms with Gasteiger partial charge in [0.1, 0.15) is 0 Å². The van der Waals surface area contributed by atoms with Crippen molar-refractivity contribution in [3.63, 3.8) is 0 Å². The van der Waals surface area contributed by atoms with Crippen LogP contribution >= 0.6 is 15.9 Å². The number of aryl methyl sites for hydroxylation is 1. The molecule has 2 N–H and O–H groups in total. The first-order chi connectivity index (χ1) is 8.90. The summed E-state index contributed by atoms with van der Waals surface area (Å²) in [5, 5.41) is 0. The Morgan fingerprint density at radius 3 is 2.47 bits per heavy atom. The number of nitrogens with two attached hydrogens (primary N) is 1. The molecule has 0 radical (unpaired) electrons. The summed E-state index contributed by atoms with van der Waals surface area (Å²) in [4.78, 5) is 0.268. The highest BCUT2D eigenvalue weighted by Gasteiger charge is 2.19. The highest BCUT2D eigenvalue weighted by Crippen LogP contribution is 2.27. The minimum atomic E-state index is -3.39. The molecule has 0 aliphatic heterocycles. The third-order valence-electron chi connectivity index (χ3n) is 2.90. The van der Waals surface area contributed by atoms with Gasteiger partial charge in [0.2, 0.25) is 0 Å². The second-order valence-corrected chi connectivity index (χ2v) is 7.19. The van der Waals surface area contributed by atoms with Crippen molar-refractivity contribution in [3.05, 3.63) is 58.1 Å². The van der Waals surface area contributed by atoms with E-state index in [4.69, 9.17) is 5.73 Å². The van der Waals surface area contributed by atoms with Gasteiger partial charge in [0, 0.05) is 10.2 Å². The lowest BCUT2D eigenvalue weighted by Gasteiger charge is -2.09. The molecule has 2 rings (SSSR count). The van der Waals surface area contributed by atoms with Crippen molar-refractivity contribution < 1.29 is 8.42 Å². The molecule has 0 unspecified atom stereocenters. The molecule has 0 aromatic heterocycles. The summed E-state index contributed by atoms with van der Waals surface area (Å²) in [6.45, 7) is 1.91. The summed E-state index contributed by atoms with van der Waals surface area (Å²) < 4.78 is 25.3. The van der Waals surface area contributed by atoms with Gasteiger partial charge < -0.3 is 5.73 Å². The van der Waals surface area contributed by atoms with Crippen LogP contribution in [-0.4, -0.2) is 8.42 Å². The maximum absolute atomic E-state index is 12.4. The number of halogens is 1. The molecule has 19 heavy (non-hydrogen) atoms. The van der Waals surface area contributed by atoms with E-state index in [0.717, 1.165) is 11.1 Å². The maximum atomic E-state index is 12.4. The van der Waals surface area contributed by atoms with Crippen LogP contribution in [0, 0.1) is 6.92 Å². The molecular weight excluding hydrogens is 326 g/mol. The Labute approximate surface area is 121 Å². The Bertz CT molecular complexity index is 711. The van der Waals surface area contributed by atoms with Crippen LogP contribution in [-0.2, 0) is 15.6 Å². The van der Waals surface area contributed by atoms with Gasteiger partial charge in [-0.25, -0.2) is 8.42 Å². The molecule has 0 atom stereocenters. The van der Waals surface area contributed by atoms with Crippen molar-refractivity contribution in [2.24, 2.45) is 0 Å². The molecule has 0 saturated carbocycles. The molecule has 0 aliphatic rings. The van der Waals surface area contributed by atoms with Gasteiger partial charge in [-0.15, -0.1) is 0 Å². The third kappa shape index (κ3) is 3.16. The predicted molar refractivity (Wildman–Crippen MR) is 80.6 cm³/mol. The Hall–Kier alpha value is -1.33. The summed E-state index contributed by atoms with van der Waals surface area (Å²) in [7, 11) is -3.39. The standard InChI is InChI=1S/C14H14BrNO2S/c1-10-4-2-3-5-11(10)9-19(17,18)14-7-6-12(16)8-13(14)15/h2-8H,9,16H2,1H3.